The molecule has 0 aliphatic heterocycles. The molecule has 1 aromatic carbocycles. The molecule has 1 amide bonds. The molecule has 7 heteroatoms. The molecule has 3 rings (SSSR count). The van der Waals surface area contributed by atoms with Gasteiger partial charge in [-0.05, 0) is 36.6 Å². The number of carbonyl (C=O) groups is 1. The van der Waals surface area contributed by atoms with Crippen LogP contribution in [0.25, 0.3) is 10.9 Å². The van der Waals surface area contributed by atoms with Gasteiger partial charge < -0.3 is 14.9 Å². The van der Waals surface area contributed by atoms with Crippen LogP contribution >= 0.6 is 0 Å². The van der Waals surface area contributed by atoms with Gasteiger partial charge in [-0.15, -0.1) is 0 Å². The Morgan fingerprint density at radius 1 is 1.31 bits per heavy atom. The van der Waals surface area contributed by atoms with Crippen molar-refractivity contribution in [1.82, 2.24) is 19.9 Å². The maximum absolute atomic E-state index is 13.2. The number of imidazole rings is 1. The molecule has 0 bridgehead atoms. The van der Waals surface area contributed by atoms with E-state index in [1.807, 2.05) is 18.4 Å². The van der Waals surface area contributed by atoms with Crippen LogP contribution in [0, 0.1) is 5.82 Å². The highest BCUT2D eigenvalue weighted by molar-refractivity contribution is 5.81. The van der Waals surface area contributed by atoms with Crippen molar-refractivity contribution in [2.75, 3.05) is 0 Å². The van der Waals surface area contributed by atoms with Crippen molar-refractivity contribution in [3.05, 3.63) is 64.2 Å². The van der Waals surface area contributed by atoms with Gasteiger partial charge in [0, 0.05) is 30.4 Å². The number of aromatic nitrogens is 3. The third-order valence-corrected chi connectivity index (χ3v) is 4.35. The Balaban J connectivity index is 1.76. The number of H-pyrrole nitrogens is 1. The number of amides is 1. The lowest BCUT2D eigenvalue weighted by molar-refractivity contribution is -0.124. The summed E-state index contributed by atoms with van der Waals surface area (Å²) in [6.07, 6.45) is 3.45. The van der Waals surface area contributed by atoms with Crippen molar-refractivity contribution in [3.8, 4) is 0 Å². The number of pyridine rings is 1. The van der Waals surface area contributed by atoms with E-state index in [-0.39, 0.29) is 23.9 Å². The molecule has 26 heavy (non-hydrogen) atoms. The Labute approximate surface area is 150 Å². The van der Waals surface area contributed by atoms with Crippen molar-refractivity contribution in [1.29, 1.82) is 0 Å². The largest absolute Gasteiger partial charge is 0.350 e. The minimum Gasteiger partial charge on any atom is -0.350 e. The first kappa shape index (κ1) is 17.8. The highest BCUT2D eigenvalue weighted by Crippen LogP contribution is 2.17. The fourth-order valence-electron chi connectivity index (χ4n) is 2.91. The Bertz CT molecular complexity index is 1010. The van der Waals surface area contributed by atoms with Gasteiger partial charge in [0.1, 0.15) is 17.7 Å². The molecule has 2 heterocycles. The number of nitrogens with zero attached hydrogens (tertiary/aromatic N) is 2. The van der Waals surface area contributed by atoms with Gasteiger partial charge in [-0.25, -0.2) is 9.37 Å². The molecule has 0 fully saturated rings. The van der Waals surface area contributed by atoms with Gasteiger partial charge in [-0.3, -0.25) is 9.59 Å². The van der Waals surface area contributed by atoms with E-state index < -0.39 is 11.9 Å². The minimum atomic E-state index is -0.441. The number of hydrogen-bond donors (Lipinski definition) is 2. The quantitative estimate of drug-likeness (QED) is 0.738. The summed E-state index contributed by atoms with van der Waals surface area (Å²) in [6.45, 7) is 5.91. The Morgan fingerprint density at radius 2 is 2.08 bits per heavy atom. The smallest absolute Gasteiger partial charge is 0.253 e. The molecule has 1 atom stereocenters. The van der Waals surface area contributed by atoms with Gasteiger partial charge in [0.25, 0.3) is 5.56 Å². The lowest BCUT2D eigenvalue weighted by Crippen LogP contribution is -2.33. The van der Waals surface area contributed by atoms with Gasteiger partial charge in [-0.2, -0.15) is 0 Å². The SMILES string of the molecule is CC(C)c1nccn1[C@@H](C)C(=O)NCc1cc2ccc(F)cc2[nH]c1=O. The number of rotatable bonds is 5. The van der Waals surface area contributed by atoms with E-state index >= 15 is 0 Å². The van der Waals surface area contributed by atoms with E-state index in [0.717, 1.165) is 5.82 Å². The molecule has 6 nitrogen and oxygen atoms in total. The fourth-order valence-corrected chi connectivity index (χ4v) is 2.91. The number of aromatic amines is 1. The van der Waals surface area contributed by atoms with E-state index in [1.54, 1.807) is 31.5 Å². The van der Waals surface area contributed by atoms with Crippen LogP contribution in [0.1, 0.15) is 44.1 Å². The van der Waals surface area contributed by atoms with Gasteiger partial charge >= 0.3 is 0 Å². The molecule has 2 aromatic heterocycles. The summed E-state index contributed by atoms with van der Waals surface area (Å²) >= 11 is 0. The lowest BCUT2D eigenvalue weighted by Gasteiger charge is -2.17. The summed E-state index contributed by atoms with van der Waals surface area (Å²) in [4.78, 5) is 31.6. The number of nitrogens with one attached hydrogen (secondary N) is 2. The fraction of sp³-hybridized carbons (Fsp3) is 0.316. The molecule has 0 aliphatic rings. The first-order chi connectivity index (χ1) is 12.4. The average molecular weight is 356 g/mol. The molecular weight excluding hydrogens is 335 g/mol. The van der Waals surface area contributed by atoms with E-state index in [0.29, 0.717) is 16.5 Å². The highest BCUT2D eigenvalue weighted by atomic mass is 19.1. The van der Waals surface area contributed by atoms with Crippen LogP contribution in [0.15, 0.2) is 41.5 Å². The van der Waals surface area contributed by atoms with Gasteiger partial charge in [0.2, 0.25) is 5.91 Å². The molecule has 0 aliphatic carbocycles. The first-order valence-corrected chi connectivity index (χ1v) is 8.48. The minimum absolute atomic E-state index is 0.0948. The monoisotopic (exact) mass is 356 g/mol. The van der Waals surface area contributed by atoms with Crippen LogP contribution < -0.4 is 10.9 Å². The van der Waals surface area contributed by atoms with Crippen LogP contribution in [0.2, 0.25) is 0 Å². The average Bonchev–Trinajstić information content (AvgIpc) is 3.09. The van der Waals surface area contributed by atoms with Crippen LogP contribution in [0.4, 0.5) is 4.39 Å². The predicted octanol–water partition coefficient (Wildman–Crippen LogP) is 2.86. The molecule has 0 saturated carbocycles. The molecule has 0 unspecified atom stereocenters. The van der Waals surface area contributed by atoms with Crippen LogP contribution in [-0.4, -0.2) is 20.4 Å². The molecule has 0 saturated heterocycles. The second-order valence-corrected chi connectivity index (χ2v) is 6.60. The van der Waals surface area contributed by atoms with Gasteiger partial charge in [-0.1, -0.05) is 13.8 Å². The second kappa shape index (κ2) is 7.11. The summed E-state index contributed by atoms with van der Waals surface area (Å²) < 4.78 is 15.1. The second-order valence-electron chi connectivity index (χ2n) is 6.60. The molecular formula is C19H21FN4O2. The number of hydrogen-bond acceptors (Lipinski definition) is 3. The van der Waals surface area contributed by atoms with E-state index in [9.17, 15) is 14.0 Å². The summed E-state index contributed by atoms with van der Waals surface area (Å²) in [5.41, 5.74) is 0.499. The van der Waals surface area contributed by atoms with Crippen molar-refractivity contribution >= 4 is 16.8 Å². The van der Waals surface area contributed by atoms with Crippen LogP contribution in [0.3, 0.4) is 0 Å². The highest BCUT2D eigenvalue weighted by Gasteiger charge is 2.19. The predicted molar refractivity (Wildman–Crippen MR) is 97.4 cm³/mol. The third-order valence-electron chi connectivity index (χ3n) is 4.35. The van der Waals surface area contributed by atoms with Crippen LogP contribution in [-0.2, 0) is 11.3 Å². The Hall–Kier alpha value is -2.96. The molecule has 0 spiro atoms. The molecule has 136 valence electrons. The van der Waals surface area contributed by atoms with Gasteiger partial charge in [0.05, 0.1) is 5.52 Å². The number of benzene rings is 1. The number of carbonyl (C=O) groups excluding carboxylic acids is 1. The number of halogens is 1. The van der Waals surface area contributed by atoms with Crippen molar-refractivity contribution < 1.29 is 9.18 Å². The number of fused-ring (bicyclic) bond motifs is 1. The molecule has 0 radical (unpaired) electrons. The summed E-state index contributed by atoms with van der Waals surface area (Å²) in [7, 11) is 0. The first-order valence-electron chi connectivity index (χ1n) is 8.48. The topological polar surface area (TPSA) is 79.8 Å². The maximum atomic E-state index is 13.2. The van der Waals surface area contributed by atoms with E-state index in [2.05, 4.69) is 15.3 Å². The third kappa shape index (κ3) is 3.51. The Kier molecular flexibility index (Phi) is 4.88. The van der Waals surface area contributed by atoms with Crippen molar-refractivity contribution in [3.63, 3.8) is 0 Å². The zero-order chi connectivity index (χ0) is 18.8. The zero-order valence-corrected chi connectivity index (χ0v) is 14.9. The van der Waals surface area contributed by atoms with Crippen molar-refractivity contribution in [2.24, 2.45) is 0 Å². The van der Waals surface area contributed by atoms with Crippen molar-refractivity contribution in [2.45, 2.75) is 39.3 Å². The lowest BCUT2D eigenvalue weighted by atomic mass is 10.1. The summed E-state index contributed by atoms with van der Waals surface area (Å²) in [5, 5.41) is 3.50. The Morgan fingerprint density at radius 3 is 2.81 bits per heavy atom. The standard InChI is InChI=1S/C19H21FN4O2/c1-11(2)17-21-6-7-24(17)12(3)18(25)22-10-14-8-13-4-5-15(20)9-16(13)23-19(14)26/h4-9,11-12H,10H2,1-3H3,(H,22,25)(H,23,26)/t12-/m0/s1. The summed E-state index contributed by atoms with van der Waals surface area (Å²) in [6, 6.07) is 5.42. The summed E-state index contributed by atoms with van der Waals surface area (Å²) in [5.74, 6) is 0.412. The normalized spacial score (nSPS) is 12.5. The zero-order valence-electron chi connectivity index (χ0n) is 14.9. The van der Waals surface area contributed by atoms with E-state index in [1.165, 1.54) is 12.1 Å². The maximum Gasteiger partial charge on any atom is 0.253 e. The van der Waals surface area contributed by atoms with E-state index in [4.69, 9.17) is 0 Å². The van der Waals surface area contributed by atoms with Gasteiger partial charge in [0.15, 0.2) is 0 Å². The van der Waals surface area contributed by atoms with Crippen LogP contribution in [0.5, 0.6) is 0 Å². The molecule has 2 N–H and O–H groups in total. The molecule has 3 aromatic rings.